The molecule has 0 saturated carbocycles. The third kappa shape index (κ3) is 4.50. The number of methoxy groups -OCH3 is 1. The number of carbonyl (C=O) groups is 2. The van der Waals surface area contributed by atoms with E-state index in [0.29, 0.717) is 11.5 Å². The minimum Gasteiger partial charge on any atom is -0.448 e. The molecule has 5 rings (SSSR count). The van der Waals surface area contributed by atoms with E-state index in [1.807, 2.05) is 60.7 Å². The van der Waals surface area contributed by atoms with Crippen molar-refractivity contribution in [2.45, 2.75) is 21.5 Å². The van der Waals surface area contributed by atoms with Gasteiger partial charge in [0.15, 0.2) is 10.4 Å². The van der Waals surface area contributed by atoms with Crippen molar-refractivity contribution in [2.75, 3.05) is 18.6 Å². The van der Waals surface area contributed by atoms with Gasteiger partial charge in [-0.3, -0.25) is 15.4 Å². The first kappa shape index (κ1) is 24.0. The smallest absolute Gasteiger partial charge is 0.356 e. The molecular formula is C24H22N4O4S3. The molecule has 0 radical (unpaired) electrons. The fraction of sp³-hybridized carbons (Fsp3) is 0.250. The molecule has 0 spiro atoms. The fourth-order valence-electron chi connectivity index (χ4n) is 4.02. The number of benzene rings is 2. The second kappa shape index (κ2) is 10.1. The lowest BCUT2D eigenvalue weighted by Crippen LogP contribution is -2.78. The quantitative estimate of drug-likeness (QED) is 0.204. The van der Waals surface area contributed by atoms with Crippen LogP contribution >= 0.6 is 34.9 Å². The number of thioether (sulfide) groups is 2. The molecule has 1 aromatic heterocycles. The van der Waals surface area contributed by atoms with Gasteiger partial charge in [0.25, 0.3) is 5.91 Å². The number of amides is 1. The summed E-state index contributed by atoms with van der Waals surface area (Å²) < 4.78 is 12.2. The van der Waals surface area contributed by atoms with Crippen LogP contribution < -0.4 is 5.73 Å². The van der Waals surface area contributed by atoms with Crippen LogP contribution in [0.1, 0.15) is 17.2 Å². The molecule has 11 heteroatoms. The second-order valence-electron chi connectivity index (χ2n) is 7.89. The van der Waals surface area contributed by atoms with Crippen LogP contribution in [-0.2, 0) is 19.1 Å². The molecule has 0 bridgehead atoms. The largest absolute Gasteiger partial charge is 0.448 e. The molecular weight excluding hydrogens is 504 g/mol. The molecule has 8 nitrogen and oxygen atoms in total. The van der Waals surface area contributed by atoms with E-state index in [9.17, 15) is 9.59 Å². The first-order valence-electron chi connectivity index (χ1n) is 10.7. The molecule has 1 fully saturated rings. The Morgan fingerprint density at radius 2 is 1.86 bits per heavy atom. The molecule has 0 aliphatic carbocycles. The van der Waals surface area contributed by atoms with Gasteiger partial charge in [0, 0.05) is 18.6 Å². The minimum absolute atomic E-state index is 0.228. The van der Waals surface area contributed by atoms with Gasteiger partial charge < -0.3 is 9.47 Å². The third-order valence-electron chi connectivity index (χ3n) is 5.82. The Morgan fingerprint density at radius 1 is 1.20 bits per heavy atom. The number of β-lactam (4-membered cyclic amide) rings is 1. The number of nitrogens with two attached hydrogens (primary N) is 1. The molecule has 3 heterocycles. The maximum absolute atomic E-state index is 13.8. The maximum atomic E-state index is 13.8. The maximum Gasteiger partial charge on any atom is 0.356 e. The first-order chi connectivity index (χ1) is 17.0. The molecule has 1 amide bonds. The highest BCUT2D eigenvalue weighted by atomic mass is 32.2. The predicted molar refractivity (Wildman–Crippen MR) is 135 cm³/mol. The summed E-state index contributed by atoms with van der Waals surface area (Å²) >= 11 is 4.36. The normalized spacial score (nSPS) is 21.6. The summed E-state index contributed by atoms with van der Waals surface area (Å²) in [6.45, 7) is 0. The number of hydrogen-bond acceptors (Lipinski definition) is 10. The van der Waals surface area contributed by atoms with E-state index in [1.54, 1.807) is 5.51 Å². The zero-order valence-corrected chi connectivity index (χ0v) is 21.1. The first-order valence-corrected chi connectivity index (χ1v) is 13.7. The van der Waals surface area contributed by atoms with Crippen LogP contribution in [0, 0.1) is 0 Å². The number of fused-ring (bicyclic) bond motifs is 1. The van der Waals surface area contributed by atoms with Gasteiger partial charge in [0.05, 0.1) is 0 Å². The van der Waals surface area contributed by atoms with Crippen molar-refractivity contribution in [1.82, 2.24) is 15.1 Å². The Bertz CT molecular complexity index is 1200. The average Bonchev–Trinajstić information content (AvgIpc) is 3.44. The lowest BCUT2D eigenvalue weighted by Gasteiger charge is -2.54. The predicted octanol–water partition coefficient (Wildman–Crippen LogP) is 3.43. The van der Waals surface area contributed by atoms with Crippen LogP contribution in [0.3, 0.4) is 0 Å². The summed E-state index contributed by atoms with van der Waals surface area (Å²) in [5.74, 6) is -0.0606. The highest BCUT2D eigenvalue weighted by Crippen LogP contribution is 2.46. The Hall–Kier alpha value is -2.70. The van der Waals surface area contributed by atoms with E-state index in [-0.39, 0.29) is 5.70 Å². The van der Waals surface area contributed by atoms with Gasteiger partial charge in [0.2, 0.25) is 5.72 Å². The van der Waals surface area contributed by atoms with Crippen molar-refractivity contribution in [3.05, 3.63) is 88.6 Å². The van der Waals surface area contributed by atoms with Gasteiger partial charge in [-0.05, 0) is 16.7 Å². The lowest BCUT2D eigenvalue weighted by molar-refractivity contribution is -0.183. The number of esters is 1. The fourth-order valence-corrected chi connectivity index (χ4v) is 7.04. The van der Waals surface area contributed by atoms with Gasteiger partial charge in [-0.1, -0.05) is 83.8 Å². The molecule has 3 aromatic rings. The molecule has 1 saturated heterocycles. The van der Waals surface area contributed by atoms with E-state index in [1.165, 1.54) is 46.9 Å². The molecule has 0 unspecified atom stereocenters. The summed E-state index contributed by atoms with van der Waals surface area (Å²) in [7, 11) is 1.40. The van der Waals surface area contributed by atoms with E-state index in [0.717, 1.165) is 21.0 Å². The van der Waals surface area contributed by atoms with Crippen LogP contribution in [0.15, 0.2) is 81.8 Å². The second-order valence-corrected chi connectivity index (χ2v) is 11.0. The van der Waals surface area contributed by atoms with Crippen molar-refractivity contribution in [2.24, 2.45) is 5.73 Å². The van der Waals surface area contributed by atoms with Crippen LogP contribution in [0.2, 0.25) is 0 Å². The summed E-state index contributed by atoms with van der Waals surface area (Å²) in [5.41, 5.74) is 9.07. The van der Waals surface area contributed by atoms with E-state index >= 15 is 0 Å². The van der Waals surface area contributed by atoms with Gasteiger partial charge in [-0.15, -0.1) is 22.0 Å². The number of carbonyl (C=O) groups excluding carboxylic acids is 2. The van der Waals surface area contributed by atoms with Gasteiger partial charge in [-0.2, -0.15) is 0 Å². The topological polar surface area (TPSA) is 108 Å². The Balaban J connectivity index is 1.49. The zero-order valence-electron chi connectivity index (χ0n) is 18.7. The molecule has 2 aromatic carbocycles. The number of nitrogens with zero attached hydrogens (tertiary/aromatic N) is 3. The summed E-state index contributed by atoms with van der Waals surface area (Å²) in [4.78, 5) is 28.2. The lowest BCUT2D eigenvalue weighted by atomic mass is 9.99. The summed E-state index contributed by atoms with van der Waals surface area (Å²) in [6.07, 6.45) is -0.635. The third-order valence-corrected chi connectivity index (χ3v) is 9.15. The summed E-state index contributed by atoms with van der Waals surface area (Å²) in [6, 6.07) is 19.1. The van der Waals surface area contributed by atoms with Crippen molar-refractivity contribution in [3.8, 4) is 0 Å². The molecule has 2 atom stereocenters. The van der Waals surface area contributed by atoms with Crippen LogP contribution in [0.5, 0.6) is 0 Å². The highest BCUT2D eigenvalue weighted by Gasteiger charge is 2.63. The van der Waals surface area contributed by atoms with Crippen molar-refractivity contribution < 1.29 is 19.1 Å². The molecule has 180 valence electrons. The molecule has 2 aliphatic heterocycles. The highest BCUT2D eigenvalue weighted by molar-refractivity contribution is 8.01. The standard InChI is InChI=1S/C24H22N4O4S3/c1-31-24(25)21(30)28-18(17(12-33-22(24)28)13-34-23-27-26-14-35-23)20(29)32-19(15-8-4-2-5-9-15)16-10-6-3-7-11-16/h2-11,14,19,22H,12-13,25H2,1H3/t22-,24+/m1/s1. The SMILES string of the molecule is CO[C@@]1(N)C(=O)N2C(C(=O)OC(c3ccccc3)c3ccccc3)=C(CSc3nncs3)CS[C@@H]21. The summed E-state index contributed by atoms with van der Waals surface area (Å²) in [5, 5.41) is 7.42. The van der Waals surface area contributed by atoms with Gasteiger partial charge in [-0.25, -0.2) is 4.79 Å². The van der Waals surface area contributed by atoms with Crippen LogP contribution in [-0.4, -0.2) is 56.7 Å². The number of ether oxygens (including phenoxy) is 2. The number of rotatable bonds is 8. The minimum atomic E-state index is -1.47. The van der Waals surface area contributed by atoms with Crippen molar-refractivity contribution in [1.29, 1.82) is 0 Å². The molecule has 35 heavy (non-hydrogen) atoms. The monoisotopic (exact) mass is 526 g/mol. The van der Waals surface area contributed by atoms with Gasteiger partial charge >= 0.3 is 5.97 Å². The van der Waals surface area contributed by atoms with E-state index in [4.69, 9.17) is 15.2 Å². The Kier molecular flexibility index (Phi) is 6.94. The van der Waals surface area contributed by atoms with Crippen molar-refractivity contribution >= 4 is 46.7 Å². The number of aromatic nitrogens is 2. The Morgan fingerprint density at radius 3 is 2.43 bits per heavy atom. The molecule has 2 N–H and O–H groups in total. The van der Waals surface area contributed by atoms with E-state index in [2.05, 4.69) is 10.2 Å². The van der Waals surface area contributed by atoms with Gasteiger partial charge in [0.1, 0.15) is 16.6 Å². The van der Waals surface area contributed by atoms with E-state index < -0.39 is 29.1 Å². The zero-order chi connectivity index (χ0) is 24.4. The van der Waals surface area contributed by atoms with Crippen LogP contribution in [0.4, 0.5) is 0 Å². The molecule has 2 aliphatic rings. The Labute approximate surface area is 214 Å². The van der Waals surface area contributed by atoms with Crippen molar-refractivity contribution in [3.63, 3.8) is 0 Å². The number of hydrogen-bond donors (Lipinski definition) is 1. The average molecular weight is 527 g/mol. The van der Waals surface area contributed by atoms with Crippen LogP contribution in [0.25, 0.3) is 0 Å².